The quantitative estimate of drug-likeness (QED) is 0.615. The second-order valence-electron chi connectivity index (χ2n) is 5.24. The second-order valence-corrected chi connectivity index (χ2v) is 5.24. The number of rotatable bonds is 10. The molecule has 0 aliphatic carbocycles. The van der Waals surface area contributed by atoms with Gasteiger partial charge in [-0.25, -0.2) is 0 Å². The van der Waals surface area contributed by atoms with Crippen LogP contribution in [0.3, 0.4) is 0 Å². The molecule has 0 aromatic heterocycles. The average Bonchev–Trinajstić information content (AvgIpc) is 2.49. The van der Waals surface area contributed by atoms with E-state index in [9.17, 15) is 0 Å². The molecule has 0 radical (unpaired) electrons. The zero-order chi connectivity index (χ0) is 14.8. The van der Waals surface area contributed by atoms with Crippen LogP contribution in [0.1, 0.15) is 58.1 Å². The summed E-state index contributed by atoms with van der Waals surface area (Å²) < 4.78 is 5.73. The molecule has 1 unspecified atom stereocenters. The monoisotopic (exact) mass is 275 g/mol. The van der Waals surface area contributed by atoms with E-state index in [1.54, 1.807) is 0 Å². The van der Waals surface area contributed by atoms with Crippen LogP contribution < -0.4 is 10.1 Å². The van der Waals surface area contributed by atoms with Gasteiger partial charge in [0.05, 0.1) is 6.61 Å². The van der Waals surface area contributed by atoms with E-state index in [1.165, 1.54) is 11.1 Å². The van der Waals surface area contributed by atoms with Gasteiger partial charge in [0.2, 0.25) is 0 Å². The van der Waals surface area contributed by atoms with Gasteiger partial charge in [-0.15, -0.1) is 0 Å². The summed E-state index contributed by atoms with van der Waals surface area (Å²) in [5.74, 6) is 0.967. The Hall–Kier alpha value is -1.28. The van der Waals surface area contributed by atoms with Crippen molar-refractivity contribution in [3.8, 4) is 5.75 Å². The maximum Gasteiger partial charge on any atom is 0.119 e. The minimum Gasteiger partial charge on any atom is -0.494 e. The third-order valence-electron chi connectivity index (χ3n) is 3.37. The molecule has 0 aliphatic rings. The Morgan fingerprint density at radius 1 is 1.25 bits per heavy atom. The SMILES string of the molecule is C=C(CC)CC(NCCC)c1cccc(OCCC)c1. The number of ether oxygens (including phenoxy) is 1. The van der Waals surface area contributed by atoms with Crippen molar-refractivity contribution in [3.05, 3.63) is 42.0 Å². The molecule has 2 heteroatoms. The van der Waals surface area contributed by atoms with Crippen molar-refractivity contribution in [1.29, 1.82) is 0 Å². The van der Waals surface area contributed by atoms with Crippen LogP contribution in [0.2, 0.25) is 0 Å². The van der Waals surface area contributed by atoms with E-state index in [-0.39, 0.29) is 0 Å². The highest BCUT2D eigenvalue weighted by atomic mass is 16.5. The molecule has 1 atom stereocenters. The lowest BCUT2D eigenvalue weighted by Crippen LogP contribution is -2.22. The summed E-state index contributed by atoms with van der Waals surface area (Å²) in [5, 5.41) is 3.62. The van der Waals surface area contributed by atoms with Crippen LogP contribution in [0.4, 0.5) is 0 Å². The van der Waals surface area contributed by atoms with Crippen LogP contribution in [0.5, 0.6) is 5.75 Å². The Balaban J connectivity index is 2.79. The van der Waals surface area contributed by atoms with Crippen molar-refractivity contribution >= 4 is 0 Å². The molecular weight excluding hydrogens is 246 g/mol. The van der Waals surface area contributed by atoms with Gasteiger partial charge >= 0.3 is 0 Å². The summed E-state index contributed by atoms with van der Waals surface area (Å²) in [6, 6.07) is 8.79. The Morgan fingerprint density at radius 2 is 2.05 bits per heavy atom. The topological polar surface area (TPSA) is 21.3 Å². The summed E-state index contributed by atoms with van der Waals surface area (Å²) in [6.45, 7) is 12.4. The third-order valence-corrected chi connectivity index (χ3v) is 3.37. The molecule has 1 rings (SSSR count). The van der Waals surface area contributed by atoms with Gasteiger partial charge in [0, 0.05) is 6.04 Å². The van der Waals surface area contributed by atoms with E-state index in [1.807, 2.05) is 6.07 Å². The fourth-order valence-corrected chi connectivity index (χ4v) is 2.10. The maximum absolute atomic E-state index is 5.73. The van der Waals surface area contributed by atoms with E-state index in [4.69, 9.17) is 4.74 Å². The molecule has 20 heavy (non-hydrogen) atoms. The normalized spacial score (nSPS) is 12.2. The molecule has 0 aliphatic heterocycles. The fourth-order valence-electron chi connectivity index (χ4n) is 2.10. The molecule has 0 heterocycles. The highest BCUT2D eigenvalue weighted by Gasteiger charge is 2.12. The first-order valence-corrected chi connectivity index (χ1v) is 7.84. The van der Waals surface area contributed by atoms with E-state index in [0.717, 1.165) is 44.6 Å². The maximum atomic E-state index is 5.73. The van der Waals surface area contributed by atoms with Crippen LogP contribution in [-0.2, 0) is 0 Å². The number of benzene rings is 1. The van der Waals surface area contributed by atoms with Crippen LogP contribution in [0.25, 0.3) is 0 Å². The van der Waals surface area contributed by atoms with Crippen molar-refractivity contribution in [2.24, 2.45) is 0 Å². The molecule has 0 fully saturated rings. The number of hydrogen-bond acceptors (Lipinski definition) is 2. The summed E-state index contributed by atoms with van der Waals surface area (Å²) in [7, 11) is 0. The predicted molar refractivity (Wildman–Crippen MR) is 87.3 cm³/mol. The lowest BCUT2D eigenvalue weighted by molar-refractivity contribution is 0.316. The standard InChI is InChI=1S/C18H29NO/c1-5-11-19-18(13-15(4)7-3)16-9-8-10-17(14-16)20-12-6-2/h8-10,14,18-19H,4-7,11-13H2,1-3H3. The predicted octanol–water partition coefficient (Wildman–Crippen LogP) is 4.87. The van der Waals surface area contributed by atoms with Crippen molar-refractivity contribution in [1.82, 2.24) is 5.32 Å². The first-order chi connectivity index (χ1) is 9.71. The van der Waals surface area contributed by atoms with Crippen molar-refractivity contribution in [2.75, 3.05) is 13.2 Å². The van der Waals surface area contributed by atoms with Gasteiger partial charge in [-0.1, -0.05) is 45.1 Å². The summed E-state index contributed by atoms with van der Waals surface area (Å²) in [5.41, 5.74) is 2.58. The van der Waals surface area contributed by atoms with E-state index >= 15 is 0 Å². The fraction of sp³-hybridized carbons (Fsp3) is 0.556. The Bertz CT molecular complexity index is 400. The molecule has 1 N–H and O–H groups in total. The summed E-state index contributed by atoms with van der Waals surface area (Å²) >= 11 is 0. The first-order valence-electron chi connectivity index (χ1n) is 7.84. The zero-order valence-corrected chi connectivity index (χ0v) is 13.2. The highest BCUT2D eigenvalue weighted by molar-refractivity contribution is 5.31. The van der Waals surface area contributed by atoms with Crippen molar-refractivity contribution in [3.63, 3.8) is 0 Å². The Kier molecular flexibility index (Phi) is 8.05. The van der Waals surface area contributed by atoms with Crippen LogP contribution in [0, 0.1) is 0 Å². The highest BCUT2D eigenvalue weighted by Crippen LogP contribution is 2.25. The molecule has 0 saturated heterocycles. The first kappa shape index (κ1) is 16.8. The van der Waals surface area contributed by atoms with E-state index in [0.29, 0.717) is 6.04 Å². The second kappa shape index (κ2) is 9.60. The van der Waals surface area contributed by atoms with Crippen LogP contribution in [-0.4, -0.2) is 13.2 Å². The third kappa shape index (κ3) is 5.79. The molecule has 2 nitrogen and oxygen atoms in total. The molecule has 1 aromatic rings. The smallest absolute Gasteiger partial charge is 0.119 e. The zero-order valence-electron chi connectivity index (χ0n) is 13.2. The molecular formula is C18H29NO. The number of hydrogen-bond donors (Lipinski definition) is 1. The largest absolute Gasteiger partial charge is 0.494 e. The van der Waals surface area contributed by atoms with E-state index in [2.05, 4.69) is 50.9 Å². The van der Waals surface area contributed by atoms with Crippen molar-refractivity contribution in [2.45, 2.75) is 52.5 Å². The molecule has 0 saturated carbocycles. The summed E-state index contributed by atoms with van der Waals surface area (Å²) in [6.07, 6.45) is 4.21. The Morgan fingerprint density at radius 3 is 2.70 bits per heavy atom. The van der Waals surface area contributed by atoms with Crippen LogP contribution >= 0.6 is 0 Å². The van der Waals surface area contributed by atoms with Crippen LogP contribution in [0.15, 0.2) is 36.4 Å². The molecule has 112 valence electrons. The van der Waals surface area contributed by atoms with Gasteiger partial charge < -0.3 is 10.1 Å². The summed E-state index contributed by atoms with van der Waals surface area (Å²) in [4.78, 5) is 0. The van der Waals surface area contributed by atoms with E-state index < -0.39 is 0 Å². The van der Waals surface area contributed by atoms with Gasteiger partial charge in [0.25, 0.3) is 0 Å². The molecule has 0 spiro atoms. The minimum absolute atomic E-state index is 0.340. The van der Waals surface area contributed by atoms with Crippen molar-refractivity contribution < 1.29 is 4.74 Å². The average molecular weight is 275 g/mol. The van der Waals surface area contributed by atoms with Gasteiger partial charge in [0.1, 0.15) is 5.75 Å². The molecule has 0 amide bonds. The number of nitrogens with one attached hydrogen (secondary N) is 1. The lowest BCUT2D eigenvalue weighted by Gasteiger charge is -2.20. The lowest BCUT2D eigenvalue weighted by atomic mass is 9.98. The van der Waals surface area contributed by atoms with Gasteiger partial charge in [-0.3, -0.25) is 0 Å². The van der Waals surface area contributed by atoms with Gasteiger partial charge in [-0.05, 0) is 49.9 Å². The van der Waals surface area contributed by atoms with Gasteiger partial charge in [-0.2, -0.15) is 0 Å². The molecule has 1 aromatic carbocycles. The van der Waals surface area contributed by atoms with Gasteiger partial charge in [0.15, 0.2) is 0 Å². The molecule has 0 bridgehead atoms. The Labute approximate surface area is 124 Å². The minimum atomic E-state index is 0.340.